The molecule has 1 aliphatic carbocycles. The number of anilines is 1. The maximum atomic E-state index is 6.26. The van der Waals surface area contributed by atoms with Crippen molar-refractivity contribution in [1.82, 2.24) is 10.3 Å². The van der Waals surface area contributed by atoms with Crippen LogP contribution in [-0.2, 0) is 6.54 Å². The van der Waals surface area contributed by atoms with Gasteiger partial charge in [-0.3, -0.25) is 0 Å². The smallest absolute Gasteiger partial charge is 0.129 e. The van der Waals surface area contributed by atoms with Crippen LogP contribution in [0.15, 0.2) is 12.3 Å². The molecule has 2 rings (SSSR count). The van der Waals surface area contributed by atoms with E-state index in [9.17, 15) is 0 Å². The second kappa shape index (κ2) is 6.77. The molecular weight excluding hydrogens is 270 g/mol. The topological polar surface area (TPSA) is 28.2 Å². The van der Waals surface area contributed by atoms with Crippen LogP contribution >= 0.6 is 11.6 Å². The van der Waals surface area contributed by atoms with Crippen LogP contribution in [0.1, 0.15) is 46.1 Å². The van der Waals surface area contributed by atoms with Crippen LogP contribution in [0.4, 0.5) is 5.82 Å². The second-order valence-electron chi connectivity index (χ2n) is 6.36. The highest BCUT2D eigenvalue weighted by atomic mass is 35.5. The van der Waals surface area contributed by atoms with Gasteiger partial charge in [0.05, 0.1) is 5.02 Å². The first kappa shape index (κ1) is 15.6. The van der Waals surface area contributed by atoms with E-state index in [1.165, 1.54) is 12.8 Å². The van der Waals surface area contributed by atoms with Gasteiger partial charge < -0.3 is 10.2 Å². The van der Waals surface area contributed by atoms with E-state index in [2.05, 4.69) is 49.0 Å². The highest BCUT2D eigenvalue weighted by Gasteiger charge is 2.26. The predicted molar refractivity (Wildman–Crippen MR) is 86.4 cm³/mol. The summed E-state index contributed by atoms with van der Waals surface area (Å²) in [6.45, 7) is 10.6. The lowest BCUT2D eigenvalue weighted by Gasteiger charge is -2.28. The maximum absolute atomic E-state index is 6.26. The number of pyridine rings is 1. The van der Waals surface area contributed by atoms with Gasteiger partial charge >= 0.3 is 0 Å². The molecule has 1 heterocycles. The second-order valence-corrected chi connectivity index (χ2v) is 6.77. The summed E-state index contributed by atoms with van der Waals surface area (Å²) in [5.41, 5.74) is 1.13. The van der Waals surface area contributed by atoms with Crippen molar-refractivity contribution in [3.8, 4) is 0 Å². The molecule has 0 bridgehead atoms. The first-order chi connectivity index (χ1) is 9.47. The van der Waals surface area contributed by atoms with Crippen LogP contribution < -0.4 is 10.2 Å². The van der Waals surface area contributed by atoms with Gasteiger partial charge in [-0.05, 0) is 44.2 Å². The lowest BCUT2D eigenvalue weighted by molar-refractivity contribution is 0.587. The van der Waals surface area contributed by atoms with E-state index >= 15 is 0 Å². The third-order valence-electron chi connectivity index (χ3n) is 3.69. The highest BCUT2D eigenvalue weighted by molar-refractivity contribution is 6.31. The first-order valence-corrected chi connectivity index (χ1v) is 7.99. The molecule has 0 saturated heterocycles. The van der Waals surface area contributed by atoms with E-state index in [1.54, 1.807) is 6.20 Å². The lowest BCUT2D eigenvalue weighted by atomic mass is 10.2. The number of rotatable bonds is 7. The van der Waals surface area contributed by atoms with Gasteiger partial charge in [-0.25, -0.2) is 4.98 Å². The molecule has 0 aliphatic heterocycles. The molecule has 3 nitrogen and oxygen atoms in total. The van der Waals surface area contributed by atoms with Crippen molar-refractivity contribution in [2.75, 3.05) is 11.4 Å². The molecule has 0 spiro atoms. The van der Waals surface area contributed by atoms with Crippen molar-refractivity contribution >= 4 is 17.4 Å². The molecule has 1 saturated carbocycles. The Morgan fingerprint density at radius 3 is 2.60 bits per heavy atom. The predicted octanol–water partition coefficient (Wildman–Crippen LogP) is 3.86. The molecule has 1 aliphatic rings. The van der Waals surface area contributed by atoms with Gasteiger partial charge in [0.15, 0.2) is 0 Å². The third-order valence-corrected chi connectivity index (χ3v) is 4.03. The molecular formula is C16H26ClN3. The summed E-state index contributed by atoms with van der Waals surface area (Å²) in [6.07, 6.45) is 4.51. The fraction of sp³-hybridized carbons (Fsp3) is 0.688. The zero-order valence-corrected chi connectivity index (χ0v) is 13.7. The summed E-state index contributed by atoms with van der Waals surface area (Å²) >= 11 is 6.26. The lowest BCUT2D eigenvalue weighted by Crippen LogP contribution is -2.33. The molecule has 0 unspecified atom stereocenters. The van der Waals surface area contributed by atoms with Crippen LogP contribution in [0.25, 0.3) is 0 Å². The molecule has 112 valence electrons. The Kier molecular flexibility index (Phi) is 5.28. The Labute approximate surface area is 127 Å². The SMILES string of the molecule is CC(C)NCc1cc(N(CC2CC2)C(C)C)ncc1Cl. The number of nitrogens with zero attached hydrogens (tertiary/aromatic N) is 2. The van der Waals surface area contributed by atoms with E-state index in [-0.39, 0.29) is 0 Å². The minimum Gasteiger partial charge on any atom is -0.354 e. The molecule has 4 heteroatoms. The molecule has 1 aromatic rings. The van der Waals surface area contributed by atoms with E-state index in [1.807, 2.05) is 0 Å². The number of nitrogens with one attached hydrogen (secondary N) is 1. The number of hydrogen-bond donors (Lipinski definition) is 1. The molecule has 1 N–H and O–H groups in total. The van der Waals surface area contributed by atoms with Crippen LogP contribution in [-0.4, -0.2) is 23.6 Å². The van der Waals surface area contributed by atoms with E-state index < -0.39 is 0 Å². The highest BCUT2D eigenvalue weighted by Crippen LogP contribution is 2.32. The van der Waals surface area contributed by atoms with Crippen molar-refractivity contribution in [3.63, 3.8) is 0 Å². The normalized spacial score (nSPS) is 15.2. The summed E-state index contributed by atoms with van der Waals surface area (Å²) in [5.74, 6) is 1.91. The average Bonchev–Trinajstić information content (AvgIpc) is 3.19. The van der Waals surface area contributed by atoms with Crippen LogP contribution in [0.3, 0.4) is 0 Å². The molecule has 0 atom stereocenters. The van der Waals surface area contributed by atoms with Crippen molar-refractivity contribution in [2.45, 2.75) is 59.2 Å². The van der Waals surface area contributed by atoms with Gasteiger partial charge in [0.25, 0.3) is 0 Å². The Balaban J connectivity index is 2.14. The minimum absolute atomic E-state index is 0.454. The fourth-order valence-electron chi connectivity index (χ4n) is 2.22. The van der Waals surface area contributed by atoms with Crippen LogP contribution in [0.5, 0.6) is 0 Å². The largest absolute Gasteiger partial charge is 0.354 e. The Morgan fingerprint density at radius 2 is 2.05 bits per heavy atom. The molecule has 1 fully saturated rings. The summed E-state index contributed by atoms with van der Waals surface area (Å²) in [7, 11) is 0. The van der Waals surface area contributed by atoms with Gasteiger partial charge in [-0.15, -0.1) is 0 Å². The van der Waals surface area contributed by atoms with Gasteiger partial charge in [0.2, 0.25) is 0 Å². The maximum Gasteiger partial charge on any atom is 0.129 e. The van der Waals surface area contributed by atoms with Gasteiger partial charge in [0, 0.05) is 31.4 Å². The zero-order valence-electron chi connectivity index (χ0n) is 13.0. The summed E-state index contributed by atoms with van der Waals surface area (Å²) in [4.78, 5) is 6.93. The minimum atomic E-state index is 0.454. The van der Waals surface area contributed by atoms with E-state index in [4.69, 9.17) is 11.6 Å². The van der Waals surface area contributed by atoms with Crippen LogP contribution in [0.2, 0.25) is 5.02 Å². The third kappa shape index (κ3) is 4.35. The van der Waals surface area contributed by atoms with Gasteiger partial charge in [-0.1, -0.05) is 25.4 Å². The van der Waals surface area contributed by atoms with Crippen molar-refractivity contribution < 1.29 is 0 Å². The quantitative estimate of drug-likeness (QED) is 0.828. The Morgan fingerprint density at radius 1 is 1.35 bits per heavy atom. The molecule has 1 aromatic heterocycles. The molecule has 20 heavy (non-hydrogen) atoms. The Hall–Kier alpha value is -0.800. The van der Waals surface area contributed by atoms with E-state index in [0.29, 0.717) is 12.1 Å². The van der Waals surface area contributed by atoms with Gasteiger partial charge in [-0.2, -0.15) is 0 Å². The zero-order chi connectivity index (χ0) is 14.7. The average molecular weight is 296 g/mol. The van der Waals surface area contributed by atoms with Gasteiger partial charge in [0.1, 0.15) is 5.82 Å². The molecule has 0 radical (unpaired) electrons. The number of halogens is 1. The monoisotopic (exact) mass is 295 g/mol. The summed E-state index contributed by atoms with van der Waals surface area (Å²) in [6, 6.07) is 3.06. The fourth-order valence-corrected chi connectivity index (χ4v) is 2.39. The van der Waals surface area contributed by atoms with E-state index in [0.717, 1.165) is 35.4 Å². The van der Waals surface area contributed by atoms with Crippen molar-refractivity contribution in [1.29, 1.82) is 0 Å². The van der Waals surface area contributed by atoms with Crippen molar-refractivity contribution in [3.05, 3.63) is 22.8 Å². The van der Waals surface area contributed by atoms with Crippen LogP contribution in [0, 0.1) is 5.92 Å². The number of hydrogen-bond acceptors (Lipinski definition) is 3. The Bertz CT molecular complexity index is 441. The first-order valence-electron chi connectivity index (χ1n) is 7.61. The van der Waals surface area contributed by atoms with Crippen molar-refractivity contribution in [2.24, 2.45) is 5.92 Å². The number of aromatic nitrogens is 1. The summed E-state index contributed by atoms with van der Waals surface area (Å²) in [5, 5.41) is 4.17. The molecule has 0 aromatic carbocycles. The molecule has 0 amide bonds. The standard InChI is InChI=1S/C16H26ClN3/c1-11(2)18-8-14-7-16(19-9-15(14)17)20(12(3)4)10-13-5-6-13/h7,9,11-13,18H,5-6,8,10H2,1-4H3. The summed E-state index contributed by atoms with van der Waals surface area (Å²) < 4.78 is 0.